The van der Waals surface area contributed by atoms with Gasteiger partial charge in [0.1, 0.15) is 11.9 Å². The van der Waals surface area contributed by atoms with Crippen LogP contribution in [0.25, 0.3) is 0 Å². The molecule has 7 nitrogen and oxygen atoms in total. The minimum Gasteiger partial charge on any atom is -0.481 e. The van der Waals surface area contributed by atoms with Crippen LogP contribution in [0.3, 0.4) is 0 Å². The fourth-order valence-corrected chi connectivity index (χ4v) is 1.73. The van der Waals surface area contributed by atoms with E-state index in [0.717, 1.165) is 12.1 Å². The van der Waals surface area contributed by atoms with Gasteiger partial charge in [-0.25, -0.2) is 14.0 Å². The average Bonchev–Trinajstić information content (AvgIpc) is 2.31. The fraction of sp³-hybridized carbons (Fsp3) is 0.182. The van der Waals surface area contributed by atoms with Crippen molar-refractivity contribution in [3.05, 3.63) is 28.5 Å². The smallest absolute Gasteiger partial charge is 0.326 e. The third kappa shape index (κ3) is 4.84. The summed E-state index contributed by atoms with van der Waals surface area (Å²) in [5.74, 6) is -3.35. The molecule has 0 heterocycles. The number of carboxylic acids is 2. The Morgan fingerprint density at radius 2 is 1.95 bits per heavy atom. The van der Waals surface area contributed by atoms with Crippen molar-refractivity contribution in [1.29, 1.82) is 0 Å². The van der Waals surface area contributed by atoms with Gasteiger partial charge in [0.05, 0.1) is 12.1 Å². The quantitative estimate of drug-likeness (QED) is 0.645. The van der Waals surface area contributed by atoms with Crippen molar-refractivity contribution in [2.24, 2.45) is 0 Å². The summed E-state index contributed by atoms with van der Waals surface area (Å²) in [4.78, 5) is 32.8. The molecule has 1 rings (SSSR count). The van der Waals surface area contributed by atoms with E-state index in [0.29, 0.717) is 0 Å². The molecule has 0 aliphatic carbocycles. The van der Waals surface area contributed by atoms with E-state index in [2.05, 4.69) is 21.2 Å². The lowest BCUT2D eigenvalue weighted by molar-refractivity contribution is -0.145. The van der Waals surface area contributed by atoms with Gasteiger partial charge in [0.2, 0.25) is 0 Å². The zero-order valence-corrected chi connectivity index (χ0v) is 11.5. The van der Waals surface area contributed by atoms with Crippen molar-refractivity contribution in [2.45, 2.75) is 12.5 Å². The van der Waals surface area contributed by atoms with Crippen molar-refractivity contribution in [1.82, 2.24) is 5.32 Å². The van der Waals surface area contributed by atoms with Gasteiger partial charge in [0, 0.05) is 4.47 Å². The second kappa shape index (κ2) is 6.85. The van der Waals surface area contributed by atoms with Crippen LogP contribution in [0.2, 0.25) is 0 Å². The Morgan fingerprint density at radius 3 is 2.45 bits per heavy atom. The molecule has 0 saturated carbocycles. The number of carboxylic acid groups (broad SMARTS) is 2. The molecule has 1 aromatic rings. The van der Waals surface area contributed by atoms with Gasteiger partial charge in [-0.15, -0.1) is 0 Å². The number of anilines is 1. The van der Waals surface area contributed by atoms with Crippen molar-refractivity contribution in [3.63, 3.8) is 0 Å². The van der Waals surface area contributed by atoms with Gasteiger partial charge >= 0.3 is 18.0 Å². The number of benzene rings is 1. The monoisotopic (exact) mass is 348 g/mol. The van der Waals surface area contributed by atoms with Gasteiger partial charge in [-0.2, -0.15) is 0 Å². The first-order valence-electron chi connectivity index (χ1n) is 5.26. The molecular weight excluding hydrogens is 339 g/mol. The van der Waals surface area contributed by atoms with Crippen LogP contribution in [-0.4, -0.2) is 34.2 Å². The summed E-state index contributed by atoms with van der Waals surface area (Å²) in [6.45, 7) is 0. The van der Waals surface area contributed by atoms with Crippen LogP contribution in [0.15, 0.2) is 22.7 Å². The summed E-state index contributed by atoms with van der Waals surface area (Å²) in [7, 11) is 0. The summed E-state index contributed by atoms with van der Waals surface area (Å²) in [6.07, 6.45) is -0.757. The number of rotatable bonds is 5. The van der Waals surface area contributed by atoms with Crippen molar-refractivity contribution in [2.75, 3.05) is 5.32 Å². The average molecular weight is 349 g/mol. The Labute approximate surface area is 120 Å². The molecule has 2 amide bonds. The third-order valence-corrected chi connectivity index (χ3v) is 2.82. The molecule has 1 atom stereocenters. The number of urea groups is 1. The maximum absolute atomic E-state index is 12.8. The predicted molar refractivity (Wildman–Crippen MR) is 69.9 cm³/mol. The molecule has 0 unspecified atom stereocenters. The van der Waals surface area contributed by atoms with Crippen LogP contribution in [0.5, 0.6) is 0 Å². The van der Waals surface area contributed by atoms with E-state index in [-0.39, 0.29) is 10.2 Å². The lowest BCUT2D eigenvalue weighted by atomic mass is 10.2. The number of carbonyl (C=O) groups is 3. The Morgan fingerprint density at radius 1 is 1.30 bits per heavy atom. The number of halogens is 2. The van der Waals surface area contributed by atoms with E-state index in [1.54, 1.807) is 0 Å². The normalized spacial score (nSPS) is 11.5. The zero-order chi connectivity index (χ0) is 15.3. The Bertz CT molecular complexity index is 552. The number of amides is 2. The molecule has 0 fully saturated rings. The highest BCUT2D eigenvalue weighted by Gasteiger charge is 2.23. The SMILES string of the molecule is O=C(O)C[C@@H](NC(=O)Nc1ccc(F)cc1Br)C(=O)O. The summed E-state index contributed by atoms with van der Waals surface area (Å²) in [5, 5.41) is 21.6. The summed E-state index contributed by atoms with van der Waals surface area (Å²) in [6, 6.07) is 1.01. The van der Waals surface area contributed by atoms with E-state index >= 15 is 0 Å². The predicted octanol–water partition coefficient (Wildman–Crippen LogP) is 1.64. The van der Waals surface area contributed by atoms with Crippen LogP contribution < -0.4 is 10.6 Å². The van der Waals surface area contributed by atoms with Crippen molar-refractivity contribution < 1.29 is 29.0 Å². The van der Waals surface area contributed by atoms with Crippen LogP contribution in [0.1, 0.15) is 6.42 Å². The second-order valence-corrected chi connectivity index (χ2v) is 4.57. The first-order chi connectivity index (χ1) is 9.29. The molecular formula is C11H10BrFN2O5. The zero-order valence-electron chi connectivity index (χ0n) is 9.89. The molecule has 0 spiro atoms. The first-order valence-corrected chi connectivity index (χ1v) is 6.06. The molecule has 9 heteroatoms. The molecule has 0 saturated heterocycles. The van der Waals surface area contributed by atoms with Crippen molar-refractivity contribution >= 4 is 39.6 Å². The molecule has 20 heavy (non-hydrogen) atoms. The molecule has 108 valence electrons. The maximum atomic E-state index is 12.8. The van der Waals surface area contributed by atoms with Gasteiger partial charge in [-0.05, 0) is 34.1 Å². The fourth-order valence-electron chi connectivity index (χ4n) is 1.28. The molecule has 4 N–H and O–H groups in total. The molecule has 0 aromatic heterocycles. The molecule has 1 aromatic carbocycles. The minimum atomic E-state index is -1.56. The highest BCUT2D eigenvalue weighted by molar-refractivity contribution is 9.10. The molecule has 0 aliphatic rings. The summed E-state index contributed by atoms with van der Waals surface area (Å²) in [5.41, 5.74) is 0.211. The van der Waals surface area contributed by atoms with Crippen LogP contribution in [0, 0.1) is 5.82 Å². The highest BCUT2D eigenvalue weighted by atomic mass is 79.9. The van der Waals surface area contributed by atoms with Crippen LogP contribution in [-0.2, 0) is 9.59 Å². The lowest BCUT2D eigenvalue weighted by Gasteiger charge is -2.14. The van der Waals surface area contributed by atoms with E-state index in [9.17, 15) is 18.8 Å². The van der Waals surface area contributed by atoms with Crippen molar-refractivity contribution in [3.8, 4) is 0 Å². The van der Waals surface area contributed by atoms with Crippen LogP contribution in [0.4, 0.5) is 14.9 Å². The number of aliphatic carboxylic acids is 2. The largest absolute Gasteiger partial charge is 0.481 e. The van der Waals surface area contributed by atoms with Crippen LogP contribution >= 0.6 is 15.9 Å². The summed E-state index contributed by atoms with van der Waals surface area (Å²) >= 11 is 3.02. The van der Waals surface area contributed by atoms with Gasteiger partial charge in [-0.1, -0.05) is 0 Å². The van der Waals surface area contributed by atoms with Gasteiger partial charge in [0.15, 0.2) is 0 Å². The molecule has 0 aliphatic heterocycles. The Kier molecular flexibility index (Phi) is 5.44. The number of hydrogen-bond acceptors (Lipinski definition) is 3. The van der Waals surface area contributed by atoms with E-state index in [1.165, 1.54) is 6.07 Å². The summed E-state index contributed by atoms with van der Waals surface area (Å²) < 4.78 is 13.1. The number of carbonyl (C=O) groups excluding carboxylic acids is 1. The standard InChI is InChI=1S/C11H10BrFN2O5/c12-6-3-5(13)1-2-7(6)14-11(20)15-8(10(18)19)4-9(16)17/h1-3,8H,4H2,(H,16,17)(H,18,19)(H2,14,15,20)/t8-/m1/s1. The van der Waals surface area contributed by atoms with E-state index in [4.69, 9.17) is 10.2 Å². The maximum Gasteiger partial charge on any atom is 0.326 e. The Balaban J connectivity index is 2.70. The minimum absolute atomic E-state index is 0.211. The number of nitrogens with one attached hydrogen (secondary N) is 2. The lowest BCUT2D eigenvalue weighted by Crippen LogP contribution is -2.44. The van der Waals surface area contributed by atoms with Gasteiger partial charge in [-0.3, -0.25) is 4.79 Å². The van der Waals surface area contributed by atoms with Gasteiger partial charge < -0.3 is 20.8 Å². The second-order valence-electron chi connectivity index (χ2n) is 3.71. The highest BCUT2D eigenvalue weighted by Crippen LogP contribution is 2.22. The number of hydrogen-bond donors (Lipinski definition) is 4. The molecule has 0 radical (unpaired) electrons. The Hall–Kier alpha value is -2.16. The van der Waals surface area contributed by atoms with E-state index in [1.807, 2.05) is 5.32 Å². The van der Waals surface area contributed by atoms with E-state index < -0.39 is 36.2 Å². The van der Waals surface area contributed by atoms with Gasteiger partial charge in [0.25, 0.3) is 0 Å². The third-order valence-electron chi connectivity index (χ3n) is 2.16. The first kappa shape index (κ1) is 15.9. The molecule has 0 bridgehead atoms. The topological polar surface area (TPSA) is 116 Å².